The topological polar surface area (TPSA) is 26.3 Å². The van der Waals surface area contributed by atoms with Gasteiger partial charge in [0, 0.05) is 11.8 Å². The van der Waals surface area contributed by atoms with E-state index in [2.05, 4.69) is 6.58 Å². The van der Waals surface area contributed by atoms with Crippen LogP contribution in [0.4, 0.5) is 0 Å². The SMILES string of the molecule is C=C(C)[C@@H]1[C@H]2COC(=O)[C@]21/C=C/c1ccccc1. The third-order valence-electron chi connectivity index (χ3n) is 4.05. The van der Waals surface area contributed by atoms with Crippen LogP contribution in [0.3, 0.4) is 0 Å². The molecule has 1 aliphatic carbocycles. The summed E-state index contributed by atoms with van der Waals surface area (Å²) in [7, 11) is 0. The second-order valence-corrected chi connectivity index (χ2v) is 5.21. The molecule has 3 rings (SSSR count). The van der Waals surface area contributed by atoms with Gasteiger partial charge in [0.1, 0.15) is 0 Å². The Hall–Kier alpha value is -1.83. The van der Waals surface area contributed by atoms with Gasteiger partial charge in [0.2, 0.25) is 0 Å². The van der Waals surface area contributed by atoms with Crippen LogP contribution in [0, 0.1) is 17.3 Å². The largest absolute Gasteiger partial charge is 0.465 e. The summed E-state index contributed by atoms with van der Waals surface area (Å²) in [5.74, 6) is 0.467. The fourth-order valence-corrected chi connectivity index (χ4v) is 3.13. The number of carbonyl (C=O) groups excluding carboxylic acids is 1. The zero-order chi connectivity index (χ0) is 12.8. The molecule has 1 heterocycles. The van der Waals surface area contributed by atoms with Gasteiger partial charge in [0.15, 0.2) is 0 Å². The van der Waals surface area contributed by atoms with Gasteiger partial charge in [-0.15, -0.1) is 0 Å². The van der Waals surface area contributed by atoms with Crippen molar-refractivity contribution in [2.75, 3.05) is 6.61 Å². The van der Waals surface area contributed by atoms with Crippen molar-refractivity contribution in [1.82, 2.24) is 0 Å². The molecule has 0 spiro atoms. The lowest BCUT2D eigenvalue weighted by molar-refractivity contribution is -0.144. The van der Waals surface area contributed by atoms with Crippen LogP contribution in [0.15, 0.2) is 48.6 Å². The molecule has 2 fully saturated rings. The fraction of sp³-hybridized carbons (Fsp3) is 0.312. The Labute approximate surface area is 107 Å². The summed E-state index contributed by atoms with van der Waals surface area (Å²) in [5.41, 5.74) is 1.76. The molecule has 2 heteroatoms. The number of ether oxygens (including phenoxy) is 1. The first-order valence-corrected chi connectivity index (χ1v) is 6.23. The van der Waals surface area contributed by atoms with Crippen molar-refractivity contribution in [3.8, 4) is 0 Å². The van der Waals surface area contributed by atoms with Crippen LogP contribution < -0.4 is 0 Å². The Morgan fingerprint density at radius 1 is 1.44 bits per heavy atom. The molecule has 92 valence electrons. The van der Waals surface area contributed by atoms with Gasteiger partial charge in [-0.25, -0.2) is 0 Å². The molecule has 1 aromatic rings. The third kappa shape index (κ3) is 1.45. The van der Waals surface area contributed by atoms with Crippen LogP contribution in [-0.4, -0.2) is 12.6 Å². The number of hydrogen-bond acceptors (Lipinski definition) is 2. The highest BCUT2D eigenvalue weighted by Gasteiger charge is 2.73. The molecule has 3 atom stereocenters. The van der Waals surface area contributed by atoms with E-state index in [1.807, 2.05) is 49.4 Å². The number of hydrogen-bond donors (Lipinski definition) is 0. The number of benzene rings is 1. The number of carbonyl (C=O) groups is 1. The molecule has 0 N–H and O–H groups in total. The van der Waals surface area contributed by atoms with E-state index in [1.54, 1.807) is 0 Å². The smallest absolute Gasteiger partial charge is 0.317 e. The van der Waals surface area contributed by atoms with Gasteiger partial charge in [-0.05, 0) is 12.5 Å². The Morgan fingerprint density at radius 2 is 2.17 bits per heavy atom. The van der Waals surface area contributed by atoms with E-state index >= 15 is 0 Å². The van der Waals surface area contributed by atoms with Crippen molar-refractivity contribution in [2.24, 2.45) is 17.3 Å². The van der Waals surface area contributed by atoms with Crippen molar-refractivity contribution in [2.45, 2.75) is 6.92 Å². The molecule has 1 aliphatic heterocycles. The summed E-state index contributed by atoms with van der Waals surface area (Å²) in [4.78, 5) is 12.0. The lowest BCUT2D eigenvalue weighted by Gasteiger charge is -2.09. The van der Waals surface area contributed by atoms with E-state index < -0.39 is 5.41 Å². The van der Waals surface area contributed by atoms with Gasteiger partial charge >= 0.3 is 5.97 Å². The van der Waals surface area contributed by atoms with Crippen molar-refractivity contribution >= 4 is 12.0 Å². The van der Waals surface area contributed by atoms with E-state index in [-0.39, 0.29) is 11.9 Å². The molecule has 0 amide bonds. The minimum Gasteiger partial charge on any atom is -0.465 e. The van der Waals surface area contributed by atoms with E-state index in [9.17, 15) is 4.79 Å². The minimum absolute atomic E-state index is 0.0901. The number of fused-ring (bicyclic) bond motifs is 1. The molecule has 1 saturated heterocycles. The summed E-state index contributed by atoms with van der Waals surface area (Å²) < 4.78 is 5.16. The summed E-state index contributed by atoms with van der Waals surface area (Å²) in [6.45, 7) is 6.52. The first-order valence-electron chi connectivity index (χ1n) is 6.23. The molecule has 2 nitrogen and oxygen atoms in total. The number of allylic oxidation sites excluding steroid dienone is 1. The van der Waals surface area contributed by atoms with Gasteiger partial charge in [-0.2, -0.15) is 0 Å². The summed E-state index contributed by atoms with van der Waals surface area (Å²) in [6.07, 6.45) is 4.03. The van der Waals surface area contributed by atoms with Crippen molar-refractivity contribution in [3.05, 3.63) is 54.1 Å². The highest BCUT2D eigenvalue weighted by Crippen LogP contribution is 2.66. The molecule has 0 aromatic heterocycles. The molecule has 2 aliphatic rings. The van der Waals surface area contributed by atoms with Crippen LogP contribution in [0.2, 0.25) is 0 Å². The number of esters is 1. The zero-order valence-corrected chi connectivity index (χ0v) is 10.4. The maximum absolute atomic E-state index is 12.0. The minimum atomic E-state index is -0.429. The molecule has 18 heavy (non-hydrogen) atoms. The summed E-state index contributed by atoms with van der Waals surface area (Å²) >= 11 is 0. The molecule has 0 radical (unpaired) electrons. The lowest BCUT2D eigenvalue weighted by Crippen LogP contribution is -2.15. The second kappa shape index (κ2) is 3.84. The summed E-state index contributed by atoms with van der Waals surface area (Å²) in [6, 6.07) is 10.0. The van der Waals surface area contributed by atoms with Crippen LogP contribution in [0.5, 0.6) is 0 Å². The monoisotopic (exact) mass is 240 g/mol. The standard InChI is InChI=1S/C16H16O2/c1-11(2)14-13-10-18-15(17)16(13,14)9-8-12-6-4-3-5-7-12/h3-9,13-14H,1,10H2,2H3/b9-8+/t13-,14-,16-/m1/s1. The maximum atomic E-state index is 12.0. The van der Waals surface area contributed by atoms with Crippen molar-refractivity contribution in [3.63, 3.8) is 0 Å². The third-order valence-corrected chi connectivity index (χ3v) is 4.05. The molecule has 0 unspecified atom stereocenters. The Kier molecular flexibility index (Phi) is 2.40. The van der Waals surface area contributed by atoms with Gasteiger partial charge in [0.05, 0.1) is 12.0 Å². The lowest BCUT2D eigenvalue weighted by atomic mass is 9.99. The van der Waals surface area contributed by atoms with Crippen molar-refractivity contribution < 1.29 is 9.53 Å². The Bertz CT molecular complexity index is 529. The van der Waals surface area contributed by atoms with Crippen LogP contribution in [0.25, 0.3) is 6.08 Å². The number of rotatable bonds is 3. The van der Waals surface area contributed by atoms with Gasteiger partial charge < -0.3 is 4.74 Å². The molecule has 0 bridgehead atoms. The average Bonchev–Trinajstić information content (AvgIpc) is 2.94. The summed E-state index contributed by atoms with van der Waals surface area (Å²) in [5, 5.41) is 0. The first kappa shape index (κ1) is 11.3. The zero-order valence-electron chi connectivity index (χ0n) is 10.4. The fourth-order valence-electron chi connectivity index (χ4n) is 3.13. The van der Waals surface area contributed by atoms with Crippen LogP contribution in [-0.2, 0) is 9.53 Å². The Balaban J connectivity index is 1.89. The average molecular weight is 240 g/mol. The quantitative estimate of drug-likeness (QED) is 0.599. The van der Waals surface area contributed by atoms with Gasteiger partial charge in [-0.1, -0.05) is 54.6 Å². The maximum Gasteiger partial charge on any atom is 0.317 e. The van der Waals surface area contributed by atoms with E-state index in [0.717, 1.165) is 11.1 Å². The van der Waals surface area contributed by atoms with Gasteiger partial charge in [-0.3, -0.25) is 4.79 Å². The predicted molar refractivity (Wildman–Crippen MR) is 70.7 cm³/mol. The van der Waals surface area contributed by atoms with Crippen LogP contribution in [0.1, 0.15) is 12.5 Å². The normalized spacial score (nSPS) is 33.3. The predicted octanol–water partition coefficient (Wildman–Crippen LogP) is 3.07. The highest BCUT2D eigenvalue weighted by molar-refractivity contribution is 5.88. The highest BCUT2D eigenvalue weighted by atomic mass is 16.5. The Morgan fingerprint density at radius 3 is 2.78 bits per heavy atom. The first-order chi connectivity index (χ1) is 8.66. The van der Waals surface area contributed by atoms with Crippen LogP contribution >= 0.6 is 0 Å². The van der Waals surface area contributed by atoms with Crippen molar-refractivity contribution in [1.29, 1.82) is 0 Å². The second-order valence-electron chi connectivity index (χ2n) is 5.21. The molecule has 1 aromatic carbocycles. The van der Waals surface area contributed by atoms with E-state index in [1.165, 1.54) is 0 Å². The van der Waals surface area contributed by atoms with E-state index in [0.29, 0.717) is 12.5 Å². The molecular formula is C16H16O2. The molecular weight excluding hydrogens is 224 g/mol. The molecule has 1 saturated carbocycles. The number of cyclic esters (lactones) is 1. The van der Waals surface area contributed by atoms with Gasteiger partial charge in [0.25, 0.3) is 0 Å². The van der Waals surface area contributed by atoms with E-state index in [4.69, 9.17) is 4.74 Å².